The number of aromatic nitrogens is 1. The molecule has 2 unspecified atom stereocenters. The molecule has 1 heterocycles. The van der Waals surface area contributed by atoms with Gasteiger partial charge in [-0.15, -0.1) is 0 Å². The van der Waals surface area contributed by atoms with Crippen LogP contribution in [-0.2, 0) is 11.2 Å². The molecule has 0 aliphatic heterocycles. The van der Waals surface area contributed by atoms with Crippen molar-refractivity contribution in [2.45, 2.75) is 53.0 Å². The Morgan fingerprint density at radius 3 is 2.76 bits per heavy atom. The van der Waals surface area contributed by atoms with Crippen molar-refractivity contribution >= 4 is 28.2 Å². The Labute approximate surface area is 129 Å². The summed E-state index contributed by atoms with van der Waals surface area (Å²) in [5.41, 5.74) is 6.65. The third-order valence-corrected chi connectivity index (χ3v) is 5.08. The van der Waals surface area contributed by atoms with E-state index < -0.39 is 6.04 Å². The van der Waals surface area contributed by atoms with Gasteiger partial charge in [0, 0.05) is 6.42 Å². The zero-order valence-electron chi connectivity index (χ0n) is 13.0. The van der Waals surface area contributed by atoms with E-state index >= 15 is 0 Å². The van der Waals surface area contributed by atoms with Gasteiger partial charge in [-0.2, -0.15) is 0 Å². The van der Waals surface area contributed by atoms with Crippen LogP contribution in [0.1, 0.15) is 55.9 Å². The minimum atomic E-state index is -0.553. The summed E-state index contributed by atoms with van der Waals surface area (Å²) in [6.45, 7) is 8.07. The molecule has 0 saturated carbocycles. The van der Waals surface area contributed by atoms with Crippen LogP contribution in [-0.4, -0.2) is 22.7 Å². The third-order valence-electron chi connectivity index (χ3n) is 4.03. The molecule has 0 aromatic carbocycles. The number of fused-ring (bicyclic) bond motifs is 1. The van der Waals surface area contributed by atoms with Gasteiger partial charge in [-0.1, -0.05) is 45.5 Å². The number of nitrogens with two attached hydrogens (primary N) is 1. The topological polar surface area (TPSA) is 85.1 Å². The number of hydrogen-bond donors (Lipinski definition) is 2. The molecule has 2 rings (SSSR count). The second-order valence-electron chi connectivity index (χ2n) is 6.64. The number of nitrogens with zero attached hydrogens (tertiary/aromatic N) is 1. The molecule has 116 valence electrons. The van der Waals surface area contributed by atoms with Crippen LogP contribution in [0.5, 0.6) is 0 Å². The largest absolute Gasteiger partial charge is 0.320 e. The fraction of sp³-hybridized carbons (Fsp3) is 0.667. The van der Waals surface area contributed by atoms with Gasteiger partial charge in [0.2, 0.25) is 5.91 Å². The maximum Gasteiger partial charge on any atom is 0.243 e. The van der Waals surface area contributed by atoms with E-state index in [9.17, 15) is 9.59 Å². The lowest BCUT2D eigenvalue weighted by Gasteiger charge is -2.26. The summed E-state index contributed by atoms with van der Waals surface area (Å²) in [6.07, 6.45) is 2.13. The van der Waals surface area contributed by atoms with Gasteiger partial charge < -0.3 is 11.1 Å². The van der Waals surface area contributed by atoms with Crippen molar-refractivity contribution in [3.8, 4) is 0 Å². The SMILES string of the molecule is CCC(C)C(N)C(=O)Nc1nc2c(s1)C(=O)CC(C)(C)C2. The van der Waals surface area contributed by atoms with Crippen molar-refractivity contribution < 1.29 is 9.59 Å². The fourth-order valence-electron chi connectivity index (χ4n) is 2.47. The highest BCUT2D eigenvalue weighted by Gasteiger charge is 2.34. The van der Waals surface area contributed by atoms with Gasteiger partial charge in [-0.05, 0) is 17.8 Å². The Bertz CT molecular complexity index is 565. The van der Waals surface area contributed by atoms with Crippen LogP contribution in [0, 0.1) is 11.3 Å². The molecule has 1 amide bonds. The number of thiazole rings is 1. The highest BCUT2D eigenvalue weighted by atomic mass is 32.1. The van der Waals surface area contributed by atoms with Crippen molar-refractivity contribution in [2.24, 2.45) is 17.1 Å². The predicted molar refractivity (Wildman–Crippen MR) is 84.6 cm³/mol. The number of anilines is 1. The average molecular weight is 309 g/mol. The van der Waals surface area contributed by atoms with Crippen LogP contribution >= 0.6 is 11.3 Å². The van der Waals surface area contributed by atoms with Crippen LogP contribution < -0.4 is 11.1 Å². The molecule has 0 bridgehead atoms. The first kappa shape index (κ1) is 16.1. The standard InChI is InChI=1S/C15H23N3O2S/c1-5-8(2)11(16)13(20)18-14-17-9-6-15(3,4)7-10(19)12(9)21-14/h8,11H,5-7,16H2,1-4H3,(H,17,18,20). The quantitative estimate of drug-likeness (QED) is 0.895. The van der Waals surface area contributed by atoms with Crippen LogP contribution in [0.4, 0.5) is 5.13 Å². The number of nitrogens with one attached hydrogen (secondary N) is 1. The summed E-state index contributed by atoms with van der Waals surface area (Å²) >= 11 is 1.26. The number of ketones is 1. The molecule has 1 aromatic rings. The summed E-state index contributed by atoms with van der Waals surface area (Å²) < 4.78 is 0. The van der Waals surface area contributed by atoms with E-state index in [-0.39, 0.29) is 23.0 Å². The Hall–Kier alpha value is -1.27. The maximum absolute atomic E-state index is 12.1. The summed E-state index contributed by atoms with van der Waals surface area (Å²) in [4.78, 5) is 29.3. The molecule has 3 N–H and O–H groups in total. The van der Waals surface area contributed by atoms with Crippen LogP contribution in [0.3, 0.4) is 0 Å². The third kappa shape index (κ3) is 3.49. The Morgan fingerprint density at radius 1 is 1.48 bits per heavy atom. The van der Waals surface area contributed by atoms with Crippen molar-refractivity contribution in [1.82, 2.24) is 4.98 Å². The number of rotatable bonds is 4. The zero-order chi connectivity index (χ0) is 15.8. The van der Waals surface area contributed by atoms with Gasteiger partial charge in [0.15, 0.2) is 10.9 Å². The van der Waals surface area contributed by atoms with Crippen molar-refractivity contribution in [3.63, 3.8) is 0 Å². The Morgan fingerprint density at radius 2 is 2.14 bits per heavy atom. The first-order valence-corrected chi connectivity index (χ1v) is 8.14. The molecule has 6 heteroatoms. The summed E-state index contributed by atoms with van der Waals surface area (Å²) in [7, 11) is 0. The van der Waals surface area contributed by atoms with E-state index in [0.29, 0.717) is 16.4 Å². The second-order valence-corrected chi connectivity index (χ2v) is 7.64. The van der Waals surface area contributed by atoms with Gasteiger partial charge in [0.05, 0.1) is 16.6 Å². The minimum Gasteiger partial charge on any atom is -0.320 e. The van der Waals surface area contributed by atoms with E-state index in [4.69, 9.17) is 5.73 Å². The monoisotopic (exact) mass is 309 g/mol. The molecule has 1 aliphatic carbocycles. The van der Waals surface area contributed by atoms with Crippen molar-refractivity contribution in [3.05, 3.63) is 10.6 Å². The van der Waals surface area contributed by atoms with Gasteiger partial charge in [-0.3, -0.25) is 9.59 Å². The molecular formula is C15H23N3O2S. The van der Waals surface area contributed by atoms with Crippen molar-refractivity contribution in [1.29, 1.82) is 0 Å². The molecule has 0 fully saturated rings. The van der Waals surface area contributed by atoms with Crippen LogP contribution in [0.2, 0.25) is 0 Å². The number of hydrogen-bond acceptors (Lipinski definition) is 5. The van der Waals surface area contributed by atoms with Gasteiger partial charge in [0.25, 0.3) is 0 Å². The summed E-state index contributed by atoms with van der Waals surface area (Å²) in [5.74, 6) is -0.00668. The fourth-order valence-corrected chi connectivity index (χ4v) is 3.40. The molecule has 21 heavy (non-hydrogen) atoms. The van der Waals surface area contributed by atoms with E-state index in [1.165, 1.54) is 11.3 Å². The highest BCUT2D eigenvalue weighted by Crippen LogP contribution is 2.38. The molecule has 1 aliphatic rings. The van der Waals surface area contributed by atoms with Gasteiger partial charge in [-0.25, -0.2) is 4.98 Å². The Balaban J connectivity index is 2.14. The van der Waals surface area contributed by atoms with Crippen LogP contribution in [0.15, 0.2) is 0 Å². The van der Waals surface area contributed by atoms with Crippen molar-refractivity contribution in [2.75, 3.05) is 5.32 Å². The molecular weight excluding hydrogens is 286 g/mol. The molecule has 5 nitrogen and oxygen atoms in total. The molecule has 0 saturated heterocycles. The van der Waals surface area contributed by atoms with Crippen LogP contribution in [0.25, 0.3) is 0 Å². The average Bonchev–Trinajstić information content (AvgIpc) is 2.77. The second kappa shape index (κ2) is 5.85. The lowest BCUT2D eigenvalue weighted by molar-refractivity contribution is -0.118. The van der Waals surface area contributed by atoms with E-state index in [0.717, 1.165) is 18.5 Å². The summed E-state index contributed by atoms with van der Waals surface area (Å²) in [6, 6.07) is -0.553. The molecule has 1 aromatic heterocycles. The predicted octanol–water partition coefficient (Wildman–Crippen LogP) is 2.61. The number of amides is 1. The lowest BCUT2D eigenvalue weighted by Crippen LogP contribution is -2.40. The molecule has 0 spiro atoms. The first-order valence-electron chi connectivity index (χ1n) is 7.33. The Kier molecular flexibility index (Phi) is 4.49. The van der Waals surface area contributed by atoms with Gasteiger partial charge >= 0.3 is 0 Å². The number of carbonyl (C=O) groups excluding carboxylic acids is 2. The van der Waals surface area contributed by atoms with E-state index in [1.807, 2.05) is 13.8 Å². The zero-order valence-corrected chi connectivity index (χ0v) is 13.8. The normalized spacial score (nSPS) is 19.8. The first-order chi connectivity index (χ1) is 9.73. The lowest BCUT2D eigenvalue weighted by atomic mass is 9.78. The van der Waals surface area contributed by atoms with Gasteiger partial charge in [0.1, 0.15) is 0 Å². The van der Waals surface area contributed by atoms with E-state index in [2.05, 4.69) is 24.1 Å². The smallest absolute Gasteiger partial charge is 0.243 e. The highest BCUT2D eigenvalue weighted by molar-refractivity contribution is 7.17. The molecule has 0 radical (unpaired) electrons. The maximum atomic E-state index is 12.1. The number of carbonyl (C=O) groups is 2. The summed E-state index contributed by atoms with van der Waals surface area (Å²) in [5, 5.41) is 3.23. The minimum absolute atomic E-state index is 0.0629. The molecule has 2 atom stereocenters. The van der Waals surface area contributed by atoms with E-state index in [1.54, 1.807) is 0 Å². The number of Topliss-reactive ketones (excluding diaryl/α,β-unsaturated/α-hetero) is 1.